The molecule has 0 bridgehead atoms. The Labute approximate surface area is 135 Å². The van der Waals surface area contributed by atoms with E-state index >= 15 is 0 Å². The molecule has 4 rings (SSSR count). The first-order chi connectivity index (χ1) is 11.2. The molecule has 1 aliphatic heterocycles. The standard InChI is InChI=1S/C16H14N4O2S/c1-2-3-8-19-11-7-5-4-6-10(11)12(14(19)21)13-15(22)20-16(23-13)17-9-18-20/h4-7,9H,2-3,8H2,1H3/b13-12-. The van der Waals surface area contributed by atoms with Gasteiger partial charge in [-0.2, -0.15) is 9.61 Å². The fourth-order valence-electron chi connectivity index (χ4n) is 2.87. The van der Waals surface area contributed by atoms with Crippen molar-refractivity contribution in [2.75, 3.05) is 11.4 Å². The molecule has 0 saturated carbocycles. The predicted molar refractivity (Wildman–Crippen MR) is 88.6 cm³/mol. The van der Waals surface area contributed by atoms with E-state index in [2.05, 4.69) is 17.0 Å². The fourth-order valence-corrected chi connectivity index (χ4v) is 3.84. The Morgan fingerprint density at radius 2 is 2.04 bits per heavy atom. The molecule has 1 aromatic carbocycles. The number of benzene rings is 1. The van der Waals surface area contributed by atoms with Crippen molar-refractivity contribution in [3.8, 4) is 0 Å². The highest BCUT2D eigenvalue weighted by molar-refractivity contribution is 7.15. The normalized spacial score (nSPS) is 16.4. The number of carbonyl (C=O) groups excluding carboxylic acids is 1. The Bertz CT molecular complexity index is 1020. The minimum absolute atomic E-state index is 0.110. The van der Waals surface area contributed by atoms with E-state index in [0.29, 0.717) is 21.6 Å². The molecule has 0 atom stereocenters. The number of thiazole rings is 1. The monoisotopic (exact) mass is 326 g/mol. The highest BCUT2D eigenvalue weighted by Crippen LogP contribution is 2.35. The van der Waals surface area contributed by atoms with Gasteiger partial charge in [-0.15, -0.1) is 0 Å². The van der Waals surface area contributed by atoms with E-state index < -0.39 is 0 Å². The maximum absolute atomic E-state index is 12.9. The summed E-state index contributed by atoms with van der Waals surface area (Å²) in [6.07, 6.45) is 3.28. The van der Waals surface area contributed by atoms with E-state index in [-0.39, 0.29) is 11.5 Å². The van der Waals surface area contributed by atoms with Gasteiger partial charge >= 0.3 is 0 Å². The molecule has 0 radical (unpaired) electrons. The van der Waals surface area contributed by atoms with Crippen LogP contribution in [0.1, 0.15) is 25.3 Å². The van der Waals surface area contributed by atoms with Crippen LogP contribution in [0.5, 0.6) is 0 Å². The number of amides is 1. The molecule has 7 heteroatoms. The molecule has 0 N–H and O–H groups in total. The molecule has 1 amide bonds. The minimum Gasteiger partial charge on any atom is -0.308 e. The highest BCUT2D eigenvalue weighted by atomic mass is 32.1. The first-order valence-corrected chi connectivity index (χ1v) is 8.32. The molecular weight excluding hydrogens is 312 g/mol. The summed E-state index contributed by atoms with van der Waals surface area (Å²) in [5.74, 6) is -0.110. The maximum Gasteiger partial charge on any atom is 0.291 e. The van der Waals surface area contributed by atoms with Crippen LogP contribution in [-0.4, -0.2) is 27.0 Å². The van der Waals surface area contributed by atoms with Crippen LogP contribution in [-0.2, 0) is 4.79 Å². The SMILES string of the molecule is CCCCN1C(=O)/C(=c2\sc3ncnn3c2=O)c2ccccc21. The average molecular weight is 326 g/mol. The van der Waals surface area contributed by atoms with E-state index in [1.54, 1.807) is 4.90 Å². The third kappa shape index (κ3) is 2.00. The second kappa shape index (κ2) is 5.27. The second-order valence-electron chi connectivity index (χ2n) is 5.39. The van der Waals surface area contributed by atoms with Gasteiger partial charge in [0.05, 0.1) is 11.3 Å². The third-order valence-electron chi connectivity index (χ3n) is 3.98. The van der Waals surface area contributed by atoms with E-state index in [4.69, 9.17) is 0 Å². The molecule has 0 saturated heterocycles. The van der Waals surface area contributed by atoms with Gasteiger partial charge in [-0.25, -0.2) is 4.98 Å². The summed E-state index contributed by atoms with van der Waals surface area (Å²) < 4.78 is 1.66. The van der Waals surface area contributed by atoms with Gasteiger partial charge in [-0.3, -0.25) is 9.59 Å². The molecule has 3 heterocycles. The van der Waals surface area contributed by atoms with Gasteiger partial charge in [0.15, 0.2) is 0 Å². The van der Waals surface area contributed by atoms with Crippen molar-refractivity contribution in [1.29, 1.82) is 0 Å². The number of hydrogen-bond donors (Lipinski definition) is 0. The van der Waals surface area contributed by atoms with Gasteiger partial charge in [-0.1, -0.05) is 42.9 Å². The number of rotatable bonds is 3. The van der Waals surface area contributed by atoms with E-state index in [0.717, 1.165) is 24.1 Å². The van der Waals surface area contributed by atoms with Gasteiger partial charge in [0, 0.05) is 12.1 Å². The largest absolute Gasteiger partial charge is 0.308 e. The lowest BCUT2D eigenvalue weighted by Gasteiger charge is -2.16. The molecule has 0 unspecified atom stereocenters. The number of fused-ring (bicyclic) bond motifs is 2. The van der Waals surface area contributed by atoms with Gasteiger partial charge in [0.25, 0.3) is 11.5 Å². The van der Waals surface area contributed by atoms with Crippen LogP contribution in [0.2, 0.25) is 0 Å². The van der Waals surface area contributed by atoms with Crippen molar-refractivity contribution in [2.45, 2.75) is 19.8 Å². The topological polar surface area (TPSA) is 67.6 Å². The summed E-state index contributed by atoms with van der Waals surface area (Å²) in [7, 11) is 0. The summed E-state index contributed by atoms with van der Waals surface area (Å²) in [5, 5.41) is 3.93. The fraction of sp³-hybridized carbons (Fsp3) is 0.250. The molecule has 23 heavy (non-hydrogen) atoms. The molecule has 6 nitrogen and oxygen atoms in total. The molecule has 3 aromatic rings. The smallest absolute Gasteiger partial charge is 0.291 e. The van der Waals surface area contributed by atoms with Crippen molar-refractivity contribution in [3.05, 3.63) is 51.0 Å². The van der Waals surface area contributed by atoms with E-state index in [1.165, 1.54) is 22.2 Å². The lowest BCUT2D eigenvalue weighted by atomic mass is 10.1. The average Bonchev–Trinajstić information content (AvgIpc) is 3.20. The maximum atomic E-state index is 12.9. The Morgan fingerprint density at radius 3 is 2.83 bits per heavy atom. The zero-order valence-corrected chi connectivity index (χ0v) is 13.3. The third-order valence-corrected chi connectivity index (χ3v) is 5.03. The van der Waals surface area contributed by atoms with E-state index in [1.807, 2.05) is 24.3 Å². The van der Waals surface area contributed by atoms with Crippen molar-refractivity contribution >= 4 is 33.5 Å². The zero-order chi connectivity index (χ0) is 16.0. The van der Waals surface area contributed by atoms with Crippen LogP contribution in [0.15, 0.2) is 35.4 Å². The number of carbonyl (C=O) groups is 1. The van der Waals surface area contributed by atoms with Crippen LogP contribution >= 0.6 is 11.3 Å². The van der Waals surface area contributed by atoms with Crippen LogP contribution in [0, 0.1) is 0 Å². The number of para-hydroxylation sites is 1. The summed E-state index contributed by atoms with van der Waals surface area (Å²) >= 11 is 1.21. The summed E-state index contributed by atoms with van der Waals surface area (Å²) in [5.41, 5.74) is 1.88. The van der Waals surface area contributed by atoms with E-state index in [9.17, 15) is 9.59 Å². The van der Waals surface area contributed by atoms with Gasteiger partial charge in [-0.05, 0) is 12.5 Å². The quantitative estimate of drug-likeness (QED) is 0.726. The van der Waals surface area contributed by atoms with Gasteiger partial charge in [0.1, 0.15) is 10.9 Å². The number of nitrogens with zero attached hydrogens (tertiary/aromatic N) is 4. The molecule has 2 aromatic heterocycles. The lowest BCUT2D eigenvalue weighted by molar-refractivity contribution is -0.113. The Kier molecular flexibility index (Phi) is 3.23. The van der Waals surface area contributed by atoms with Gasteiger partial charge in [0.2, 0.25) is 4.96 Å². The van der Waals surface area contributed by atoms with Crippen molar-refractivity contribution in [2.24, 2.45) is 0 Å². The van der Waals surface area contributed by atoms with Crippen LogP contribution in [0.25, 0.3) is 10.5 Å². The lowest BCUT2D eigenvalue weighted by Crippen LogP contribution is -2.32. The van der Waals surface area contributed by atoms with Crippen LogP contribution < -0.4 is 15.0 Å². The number of unbranched alkanes of at least 4 members (excludes halogenated alkanes) is 1. The Morgan fingerprint density at radius 1 is 1.22 bits per heavy atom. The van der Waals surface area contributed by atoms with Gasteiger partial charge < -0.3 is 4.90 Å². The van der Waals surface area contributed by atoms with Crippen LogP contribution in [0.3, 0.4) is 0 Å². The molecule has 1 aliphatic rings. The summed E-state index contributed by atoms with van der Waals surface area (Å²) in [6, 6.07) is 7.62. The van der Waals surface area contributed by atoms with Crippen molar-refractivity contribution < 1.29 is 4.79 Å². The second-order valence-corrected chi connectivity index (χ2v) is 6.37. The first kappa shape index (κ1) is 14.1. The Hall–Kier alpha value is -2.54. The predicted octanol–water partition coefficient (Wildman–Crippen LogP) is 1.22. The zero-order valence-electron chi connectivity index (χ0n) is 12.5. The van der Waals surface area contributed by atoms with Crippen molar-refractivity contribution in [1.82, 2.24) is 14.6 Å². The highest BCUT2D eigenvalue weighted by Gasteiger charge is 2.33. The molecular formula is C16H14N4O2S. The minimum atomic E-state index is -0.280. The molecule has 0 fully saturated rings. The number of anilines is 1. The van der Waals surface area contributed by atoms with Crippen LogP contribution in [0.4, 0.5) is 5.69 Å². The molecule has 0 aliphatic carbocycles. The summed E-state index contributed by atoms with van der Waals surface area (Å²) in [6.45, 7) is 2.75. The number of hydrogen-bond acceptors (Lipinski definition) is 5. The molecule has 0 spiro atoms. The summed E-state index contributed by atoms with van der Waals surface area (Å²) in [4.78, 5) is 31.8. The Balaban J connectivity index is 2.01. The number of aromatic nitrogens is 3. The first-order valence-electron chi connectivity index (χ1n) is 7.50. The molecule has 116 valence electrons. The van der Waals surface area contributed by atoms with Crippen molar-refractivity contribution in [3.63, 3.8) is 0 Å².